The maximum absolute atomic E-state index is 12.0. The van der Waals surface area contributed by atoms with E-state index in [1.54, 1.807) is 20.3 Å². The van der Waals surface area contributed by atoms with Crippen molar-refractivity contribution in [1.82, 2.24) is 0 Å². The van der Waals surface area contributed by atoms with Gasteiger partial charge in [0.1, 0.15) is 18.7 Å². The van der Waals surface area contributed by atoms with E-state index in [-0.39, 0.29) is 5.63 Å². The highest BCUT2D eigenvalue weighted by Gasteiger charge is 2.16. The standard InChI is InChI=1S/C22H25NO4/c1-5-15-9-10-18-17(12-21(24)27-20(18)11-15)14-23(2)13-16-7-6-8-19(25-3)22(16)26-4/h6-12H,5,13-14H2,1-4H3/p+1. The molecule has 0 radical (unpaired) electrons. The average molecular weight is 368 g/mol. The van der Waals surface area contributed by atoms with Crippen molar-refractivity contribution in [3.63, 3.8) is 0 Å². The van der Waals surface area contributed by atoms with Gasteiger partial charge in [0.05, 0.1) is 26.8 Å². The Morgan fingerprint density at radius 3 is 2.48 bits per heavy atom. The molecule has 1 N–H and O–H groups in total. The van der Waals surface area contributed by atoms with E-state index in [4.69, 9.17) is 13.9 Å². The molecule has 142 valence electrons. The van der Waals surface area contributed by atoms with Crippen LogP contribution in [0, 0.1) is 0 Å². The first kappa shape index (κ1) is 19.0. The quantitative estimate of drug-likeness (QED) is 0.652. The summed E-state index contributed by atoms with van der Waals surface area (Å²) in [5.74, 6) is 1.48. The molecule has 3 rings (SSSR count). The molecule has 5 nitrogen and oxygen atoms in total. The molecule has 0 fully saturated rings. The van der Waals surface area contributed by atoms with E-state index >= 15 is 0 Å². The van der Waals surface area contributed by atoms with Crippen LogP contribution in [-0.2, 0) is 19.5 Å². The Bertz CT molecular complexity index is 993. The number of aryl methyl sites for hydroxylation is 1. The van der Waals surface area contributed by atoms with E-state index in [2.05, 4.69) is 20.0 Å². The number of benzene rings is 2. The van der Waals surface area contributed by atoms with Gasteiger partial charge in [-0.3, -0.25) is 0 Å². The van der Waals surface area contributed by atoms with E-state index < -0.39 is 0 Å². The lowest BCUT2D eigenvalue weighted by Crippen LogP contribution is -3.06. The number of nitrogens with one attached hydrogen (secondary N) is 1. The van der Waals surface area contributed by atoms with Gasteiger partial charge in [-0.05, 0) is 30.2 Å². The van der Waals surface area contributed by atoms with Gasteiger partial charge < -0.3 is 18.8 Å². The highest BCUT2D eigenvalue weighted by molar-refractivity contribution is 5.80. The number of para-hydroxylation sites is 1. The third kappa shape index (κ3) is 4.14. The number of methoxy groups -OCH3 is 2. The molecule has 0 saturated carbocycles. The molecule has 0 spiro atoms. The maximum atomic E-state index is 12.0. The van der Waals surface area contributed by atoms with Crippen molar-refractivity contribution in [2.45, 2.75) is 26.4 Å². The fourth-order valence-corrected chi connectivity index (χ4v) is 3.45. The third-order valence-corrected chi connectivity index (χ3v) is 4.77. The van der Waals surface area contributed by atoms with Crippen LogP contribution in [0.1, 0.15) is 23.6 Å². The molecular formula is C22H26NO4+. The second-order valence-electron chi connectivity index (χ2n) is 6.74. The van der Waals surface area contributed by atoms with Crippen LogP contribution in [0.5, 0.6) is 11.5 Å². The van der Waals surface area contributed by atoms with Crippen LogP contribution >= 0.6 is 0 Å². The normalized spacial score (nSPS) is 12.1. The van der Waals surface area contributed by atoms with Crippen LogP contribution in [0.2, 0.25) is 0 Å². The number of hydrogen-bond acceptors (Lipinski definition) is 4. The second kappa shape index (κ2) is 8.27. The molecule has 1 aromatic heterocycles. The minimum atomic E-state index is -0.308. The molecule has 5 heteroatoms. The summed E-state index contributed by atoms with van der Waals surface area (Å²) in [4.78, 5) is 13.2. The molecule has 0 amide bonds. The summed E-state index contributed by atoms with van der Waals surface area (Å²) in [7, 11) is 5.38. The van der Waals surface area contributed by atoms with Gasteiger partial charge in [-0.2, -0.15) is 0 Å². The summed E-state index contributed by atoms with van der Waals surface area (Å²) in [6.45, 7) is 3.53. The Balaban J connectivity index is 1.89. The predicted molar refractivity (Wildman–Crippen MR) is 106 cm³/mol. The lowest BCUT2D eigenvalue weighted by Gasteiger charge is -2.18. The average Bonchev–Trinajstić information content (AvgIpc) is 2.66. The largest absolute Gasteiger partial charge is 0.493 e. The first-order valence-electron chi connectivity index (χ1n) is 9.12. The fourth-order valence-electron chi connectivity index (χ4n) is 3.45. The minimum Gasteiger partial charge on any atom is -0.493 e. The number of rotatable bonds is 7. The Labute approximate surface area is 159 Å². The Hall–Kier alpha value is -2.79. The molecule has 3 aromatic rings. The van der Waals surface area contributed by atoms with Crippen molar-refractivity contribution in [3.05, 3.63) is 69.6 Å². The Morgan fingerprint density at radius 2 is 1.78 bits per heavy atom. The van der Waals surface area contributed by atoms with Gasteiger partial charge in [-0.1, -0.05) is 25.1 Å². The first-order chi connectivity index (χ1) is 13.0. The molecule has 0 aliphatic rings. The molecule has 0 aliphatic heterocycles. The van der Waals surface area contributed by atoms with Crippen molar-refractivity contribution in [2.24, 2.45) is 0 Å². The van der Waals surface area contributed by atoms with E-state index in [1.807, 2.05) is 30.3 Å². The van der Waals surface area contributed by atoms with Crippen molar-refractivity contribution >= 4 is 11.0 Å². The summed E-state index contributed by atoms with van der Waals surface area (Å²) in [5.41, 5.74) is 3.56. The Kier molecular flexibility index (Phi) is 5.81. The smallest absolute Gasteiger partial charge is 0.336 e. The van der Waals surface area contributed by atoms with Crippen molar-refractivity contribution in [1.29, 1.82) is 0 Å². The zero-order valence-corrected chi connectivity index (χ0v) is 16.3. The second-order valence-corrected chi connectivity index (χ2v) is 6.74. The lowest BCUT2D eigenvalue weighted by molar-refractivity contribution is -0.907. The van der Waals surface area contributed by atoms with Crippen LogP contribution in [0.25, 0.3) is 11.0 Å². The van der Waals surface area contributed by atoms with Gasteiger partial charge in [0.25, 0.3) is 0 Å². The highest BCUT2D eigenvalue weighted by Crippen LogP contribution is 2.30. The van der Waals surface area contributed by atoms with Gasteiger partial charge in [-0.15, -0.1) is 0 Å². The molecule has 27 heavy (non-hydrogen) atoms. The predicted octanol–water partition coefficient (Wildman–Crippen LogP) is 2.59. The molecule has 1 heterocycles. The van der Waals surface area contributed by atoms with Crippen LogP contribution in [-0.4, -0.2) is 21.3 Å². The number of hydrogen-bond donors (Lipinski definition) is 1. The van der Waals surface area contributed by atoms with Gasteiger partial charge >= 0.3 is 5.63 Å². The molecule has 0 saturated heterocycles. The number of fused-ring (bicyclic) bond motifs is 1. The van der Waals surface area contributed by atoms with E-state index in [9.17, 15) is 4.79 Å². The summed E-state index contributed by atoms with van der Waals surface area (Å²) < 4.78 is 16.3. The van der Waals surface area contributed by atoms with E-state index in [1.165, 1.54) is 4.90 Å². The Morgan fingerprint density at radius 1 is 1.00 bits per heavy atom. The van der Waals surface area contributed by atoms with Gasteiger partial charge in [0.2, 0.25) is 0 Å². The van der Waals surface area contributed by atoms with Crippen LogP contribution in [0.4, 0.5) is 0 Å². The molecule has 1 unspecified atom stereocenters. The first-order valence-corrected chi connectivity index (χ1v) is 9.12. The van der Waals surface area contributed by atoms with Crippen molar-refractivity contribution < 1.29 is 18.8 Å². The zero-order valence-electron chi connectivity index (χ0n) is 16.3. The van der Waals surface area contributed by atoms with Crippen LogP contribution in [0.15, 0.2) is 51.7 Å². The summed E-state index contributed by atoms with van der Waals surface area (Å²) in [6.07, 6.45) is 0.907. The van der Waals surface area contributed by atoms with E-state index in [0.29, 0.717) is 12.1 Å². The SMILES string of the molecule is CCc1ccc2c(C[NH+](C)Cc3cccc(OC)c3OC)cc(=O)oc2c1. The third-order valence-electron chi connectivity index (χ3n) is 4.77. The minimum absolute atomic E-state index is 0.308. The molecule has 1 atom stereocenters. The van der Waals surface area contributed by atoms with Gasteiger partial charge in [0.15, 0.2) is 11.5 Å². The fraction of sp³-hybridized carbons (Fsp3) is 0.318. The monoisotopic (exact) mass is 368 g/mol. The molecule has 2 aromatic carbocycles. The van der Waals surface area contributed by atoms with E-state index in [0.717, 1.165) is 46.5 Å². The maximum Gasteiger partial charge on any atom is 0.336 e. The molecular weight excluding hydrogens is 342 g/mol. The topological polar surface area (TPSA) is 53.1 Å². The molecule has 0 bridgehead atoms. The summed E-state index contributed by atoms with van der Waals surface area (Å²) >= 11 is 0. The van der Waals surface area contributed by atoms with Crippen molar-refractivity contribution in [3.8, 4) is 11.5 Å². The van der Waals surface area contributed by atoms with Gasteiger partial charge in [-0.25, -0.2) is 4.79 Å². The van der Waals surface area contributed by atoms with Crippen molar-refractivity contribution in [2.75, 3.05) is 21.3 Å². The van der Waals surface area contributed by atoms with Gasteiger partial charge in [0, 0.05) is 17.0 Å². The lowest BCUT2D eigenvalue weighted by atomic mass is 10.1. The van der Waals surface area contributed by atoms with Crippen LogP contribution in [0.3, 0.4) is 0 Å². The zero-order chi connectivity index (χ0) is 19.4. The number of quaternary nitrogens is 1. The summed E-state index contributed by atoms with van der Waals surface area (Å²) in [5, 5.41) is 0.990. The summed E-state index contributed by atoms with van der Waals surface area (Å²) in [6, 6.07) is 13.6. The molecule has 0 aliphatic carbocycles. The highest BCUT2D eigenvalue weighted by atomic mass is 16.5. The number of ether oxygens (including phenoxy) is 2. The van der Waals surface area contributed by atoms with Crippen LogP contribution < -0.4 is 20.0 Å².